The maximum Gasteiger partial charge on any atom is 0.258 e. The van der Waals surface area contributed by atoms with E-state index in [1.54, 1.807) is 35.3 Å². The molecule has 5 rings (SSSR count). The minimum Gasteiger partial charge on any atom is -0.470 e. The average Bonchev–Trinajstić information content (AvgIpc) is 3.50. The van der Waals surface area contributed by atoms with E-state index < -0.39 is 0 Å². The molecule has 2 atom stereocenters. The summed E-state index contributed by atoms with van der Waals surface area (Å²) in [5, 5.41) is 8.34. The first kappa shape index (κ1) is 19.9. The van der Waals surface area contributed by atoms with E-state index in [2.05, 4.69) is 20.2 Å². The van der Waals surface area contributed by atoms with Gasteiger partial charge in [0.1, 0.15) is 11.8 Å². The Bertz CT molecular complexity index is 1270. The van der Waals surface area contributed by atoms with Crippen molar-refractivity contribution in [3.05, 3.63) is 66.5 Å². The number of amides is 1. The van der Waals surface area contributed by atoms with Crippen molar-refractivity contribution in [2.24, 2.45) is 0 Å². The average molecular weight is 431 g/mol. The second-order valence-electron chi connectivity index (χ2n) is 7.69. The van der Waals surface area contributed by atoms with E-state index >= 15 is 0 Å². The van der Waals surface area contributed by atoms with Crippen LogP contribution in [-0.4, -0.2) is 65.1 Å². The van der Waals surface area contributed by atoms with Crippen molar-refractivity contribution in [3.8, 4) is 11.6 Å². The zero-order chi connectivity index (χ0) is 22.1. The van der Waals surface area contributed by atoms with E-state index in [4.69, 9.17) is 4.74 Å². The number of aldehydes is 1. The summed E-state index contributed by atoms with van der Waals surface area (Å²) in [6.45, 7) is 2.44. The largest absolute Gasteiger partial charge is 0.470 e. The summed E-state index contributed by atoms with van der Waals surface area (Å²) in [5.41, 5.74) is 2.05. The molecule has 1 fully saturated rings. The molecule has 0 saturated carbocycles. The molecule has 10 nitrogen and oxygen atoms in total. The lowest BCUT2D eigenvalue weighted by atomic mass is 9.99. The van der Waals surface area contributed by atoms with Crippen molar-refractivity contribution in [3.63, 3.8) is 0 Å². The normalized spacial score (nSPS) is 18.6. The summed E-state index contributed by atoms with van der Waals surface area (Å²) < 4.78 is 7.80. The number of carbonyl (C=O) groups excluding carboxylic acids is 2. The van der Waals surface area contributed by atoms with Gasteiger partial charge in [-0.1, -0.05) is 12.1 Å². The number of aromatic nitrogens is 6. The number of ether oxygens (including phenoxy) is 1. The fourth-order valence-electron chi connectivity index (χ4n) is 4.02. The van der Waals surface area contributed by atoms with Gasteiger partial charge in [-0.3, -0.25) is 14.0 Å². The molecule has 162 valence electrons. The SMILES string of the molecule is C[C@@H]1CC[C@@H](Oc2nccn3c(C=O)cnc23)CN1C(=O)c1ccccc1-n1nccn1. The molecule has 1 amide bonds. The van der Waals surface area contributed by atoms with Crippen LogP contribution in [0, 0.1) is 0 Å². The van der Waals surface area contributed by atoms with Gasteiger partial charge >= 0.3 is 0 Å². The first-order valence-electron chi connectivity index (χ1n) is 10.4. The van der Waals surface area contributed by atoms with Crippen LogP contribution in [-0.2, 0) is 0 Å². The third kappa shape index (κ3) is 3.49. The molecule has 0 radical (unpaired) electrons. The predicted molar refractivity (Wildman–Crippen MR) is 114 cm³/mol. The maximum atomic E-state index is 13.5. The molecule has 32 heavy (non-hydrogen) atoms. The first-order chi connectivity index (χ1) is 15.7. The standard InChI is InChI=1S/C22H21N7O3/c1-15-6-7-17(32-21-20-24-12-16(14-30)27(20)11-10-23-21)13-28(15)22(31)18-4-2-3-5-19(18)29-25-8-9-26-29/h2-5,8-12,14-15,17H,6-7,13H2,1H3/t15-,17-/m1/s1. The zero-order valence-electron chi connectivity index (χ0n) is 17.4. The van der Waals surface area contributed by atoms with Crippen LogP contribution in [0.2, 0.25) is 0 Å². The van der Waals surface area contributed by atoms with Gasteiger partial charge < -0.3 is 9.64 Å². The van der Waals surface area contributed by atoms with E-state index in [-0.39, 0.29) is 18.1 Å². The lowest BCUT2D eigenvalue weighted by molar-refractivity contribution is 0.0375. The maximum absolute atomic E-state index is 13.5. The van der Waals surface area contributed by atoms with Crippen LogP contribution < -0.4 is 4.74 Å². The smallest absolute Gasteiger partial charge is 0.258 e. The molecule has 0 bridgehead atoms. The van der Waals surface area contributed by atoms with Crippen LogP contribution in [0.1, 0.15) is 40.6 Å². The molecular formula is C22H21N7O3. The number of fused-ring (bicyclic) bond motifs is 1. The van der Waals surface area contributed by atoms with Gasteiger partial charge in [0.2, 0.25) is 5.65 Å². The van der Waals surface area contributed by atoms with Crippen LogP contribution in [0.5, 0.6) is 5.88 Å². The Morgan fingerprint density at radius 2 is 1.94 bits per heavy atom. The van der Waals surface area contributed by atoms with Crippen LogP contribution in [0.3, 0.4) is 0 Å². The third-order valence-corrected chi connectivity index (χ3v) is 5.69. The lowest BCUT2D eigenvalue weighted by Gasteiger charge is -2.38. The number of nitrogens with zero attached hydrogens (tertiary/aromatic N) is 7. The van der Waals surface area contributed by atoms with Crippen molar-refractivity contribution in [1.29, 1.82) is 0 Å². The van der Waals surface area contributed by atoms with Gasteiger partial charge in [-0.25, -0.2) is 9.97 Å². The molecule has 3 aromatic heterocycles. The monoisotopic (exact) mass is 431 g/mol. The lowest BCUT2D eigenvalue weighted by Crippen LogP contribution is -2.49. The molecule has 4 heterocycles. The molecule has 0 aliphatic carbocycles. The number of hydrogen-bond donors (Lipinski definition) is 0. The number of carbonyl (C=O) groups is 2. The van der Waals surface area contributed by atoms with Crippen molar-refractivity contribution < 1.29 is 14.3 Å². The van der Waals surface area contributed by atoms with Crippen molar-refractivity contribution in [1.82, 2.24) is 34.3 Å². The molecule has 1 aromatic carbocycles. The van der Waals surface area contributed by atoms with Gasteiger partial charge in [0.05, 0.1) is 36.4 Å². The van der Waals surface area contributed by atoms with E-state index in [1.165, 1.54) is 11.0 Å². The molecule has 0 N–H and O–H groups in total. The number of imidazole rings is 1. The summed E-state index contributed by atoms with van der Waals surface area (Å²) in [6, 6.07) is 7.34. The number of likely N-dealkylation sites (tertiary alicyclic amines) is 1. The van der Waals surface area contributed by atoms with E-state index in [0.717, 1.165) is 19.1 Å². The number of para-hydroxylation sites is 1. The molecular weight excluding hydrogens is 410 g/mol. The summed E-state index contributed by atoms with van der Waals surface area (Å²) in [6.07, 6.45) is 9.92. The van der Waals surface area contributed by atoms with Crippen LogP contribution in [0.4, 0.5) is 0 Å². The van der Waals surface area contributed by atoms with Crippen molar-refractivity contribution in [2.45, 2.75) is 31.9 Å². The Labute approximate surface area is 183 Å². The van der Waals surface area contributed by atoms with Crippen LogP contribution in [0.25, 0.3) is 11.3 Å². The van der Waals surface area contributed by atoms with Gasteiger partial charge in [-0.15, -0.1) is 0 Å². The summed E-state index contributed by atoms with van der Waals surface area (Å²) in [4.78, 5) is 36.5. The van der Waals surface area contributed by atoms with Gasteiger partial charge in [0, 0.05) is 18.4 Å². The number of rotatable bonds is 5. The number of piperidine rings is 1. The highest BCUT2D eigenvalue weighted by Gasteiger charge is 2.32. The first-order valence-corrected chi connectivity index (χ1v) is 10.4. The Hall–Kier alpha value is -4.08. The van der Waals surface area contributed by atoms with Gasteiger partial charge in [-0.2, -0.15) is 15.0 Å². The second kappa shape index (κ2) is 8.22. The van der Waals surface area contributed by atoms with Crippen LogP contribution in [0.15, 0.2) is 55.2 Å². The quantitative estimate of drug-likeness (QED) is 0.446. The van der Waals surface area contributed by atoms with E-state index in [9.17, 15) is 9.59 Å². The zero-order valence-corrected chi connectivity index (χ0v) is 17.4. The fourth-order valence-corrected chi connectivity index (χ4v) is 4.02. The molecule has 0 spiro atoms. The Morgan fingerprint density at radius 1 is 1.12 bits per heavy atom. The summed E-state index contributed by atoms with van der Waals surface area (Å²) >= 11 is 0. The second-order valence-corrected chi connectivity index (χ2v) is 7.69. The molecule has 1 saturated heterocycles. The highest BCUT2D eigenvalue weighted by Crippen LogP contribution is 2.26. The van der Waals surface area contributed by atoms with Crippen LogP contribution >= 0.6 is 0 Å². The fraction of sp³-hybridized carbons (Fsp3) is 0.273. The number of hydrogen-bond acceptors (Lipinski definition) is 7. The van der Waals surface area contributed by atoms with Gasteiger partial charge in [0.15, 0.2) is 6.29 Å². The number of benzene rings is 1. The van der Waals surface area contributed by atoms with Crippen molar-refractivity contribution >= 4 is 17.8 Å². The minimum absolute atomic E-state index is 0.0535. The molecule has 1 aliphatic heterocycles. The molecule has 0 unspecified atom stereocenters. The van der Waals surface area contributed by atoms with E-state index in [1.807, 2.05) is 30.0 Å². The Morgan fingerprint density at radius 3 is 2.75 bits per heavy atom. The summed E-state index contributed by atoms with van der Waals surface area (Å²) in [5.74, 6) is 0.239. The highest BCUT2D eigenvalue weighted by molar-refractivity contribution is 5.98. The summed E-state index contributed by atoms with van der Waals surface area (Å²) in [7, 11) is 0. The van der Waals surface area contributed by atoms with Crippen molar-refractivity contribution in [2.75, 3.05) is 6.54 Å². The van der Waals surface area contributed by atoms with E-state index in [0.29, 0.717) is 35.0 Å². The van der Waals surface area contributed by atoms with Gasteiger partial charge in [-0.05, 0) is 31.9 Å². The highest BCUT2D eigenvalue weighted by atomic mass is 16.5. The molecule has 4 aromatic rings. The predicted octanol–water partition coefficient (Wildman–Crippen LogP) is 2.19. The minimum atomic E-state index is -0.250. The molecule has 10 heteroatoms. The Balaban J connectivity index is 1.40. The Kier molecular flexibility index (Phi) is 5.10. The van der Waals surface area contributed by atoms with Gasteiger partial charge in [0.25, 0.3) is 11.8 Å². The third-order valence-electron chi connectivity index (χ3n) is 5.69. The topological polar surface area (TPSA) is 108 Å². The molecule has 1 aliphatic rings.